The highest BCUT2D eigenvalue weighted by molar-refractivity contribution is 5.82. The summed E-state index contributed by atoms with van der Waals surface area (Å²) >= 11 is 0. The van der Waals surface area contributed by atoms with E-state index < -0.39 is 0 Å². The van der Waals surface area contributed by atoms with Gasteiger partial charge < -0.3 is 20.1 Å². The first-order valence-corrected chi connectivity index (χ1v) is 10.7. The van der Waals surface area contributed by atoms with Crippen molar-refractivity contribution in [1.29, 1.82) is 0 Å². The number of nitrogens with one attached hydrogen (secondary N) is 1. The highest BCUT2D eigenvalue weighted by Crippen LogP contribution is 2.32. The molecule has 2 N–H and O–H groups in total. The maximum Gasteiger partial charge on any atom is 0.159 e. The van der Waals surface area contributed by atoms with Gasteiger partial charge in [0.05, 0.1) is 31.0 Å². The molecule has 1 aromatic carbocycles. The Morgan fingerprint density at radius 3 is 2.70 bits per heavy atom. The van der Waals surface area contributed by atoms with Gasteiger partial charge >= 0.3 is 0 Å². The van der Waals surface area contributed by atoms with Gasteiger partial charge in [0.2, 0.25) is 0 Å². The number of hydrogen-bond donors (Lipinski definition) is 2. The number of rotatable bonds is 3. The van der Waals surface area contributed by atoms with Crippen LogP contribution in [-0.4, -0.2) is 70.4 Å². The Morgan fingerprint density at radius 2 is 1.90 bits per heavy atom. The topological polar surface area (TPSA) is 88.3 Å². The van der Waals surface area contributed by atoms with Crippen molar-refractivity contribution < 1.29 is 9.84 Å². The van der Waals surface area contributed by atoms with Crippen LogP contribution in [0.4, 0.5) is 5.82 Å². The second kappa shape index (κ2) is 7.94. The lowest BCUT2D eigenvalue weighted by atomic mass is 9.85. The van der Waals surface area contributed by atoms with E-state index in [0.717, 1.165) is 54.4 Å². The summed E-state index contributed by atoms with van der Waals surface area (Å²) in [5.41, 5.74) is 3.39. The highest BCUT2D eigenvalue weighted by Gasteiger charge is 2.26. The van der Waals surface area contributed by atoms with Crippen molar-refractivity contribution in [1.82, 2.24) is 25.1 Å². The first-order valence-electron chi connectivity index (χ1n) is 10.7. The number of hydrogen-bond acceptors (Lipinski definition) is 7. The molecule has 8 nitrogen and oxygen atoms in total. The number of anilines is 1. The number of aromatic nitrogens is 4. The van der Waals surface area contributed by atoms with E-state index in [0.29, 0.717) is 19.8 Å². The molecule has 2 atom stereocenters. The molecule has 158 valence electrons. The molecule has 2 saturated heterocycles. The Balaban J connectivity index is 1.58. The van der Waals surface area contributed by atoms with Crippen LogP contribution < -0.4 is 10.2 Å². The Labute approximate surface area is 175 Å². The lowest BCUT2D eigenvalue weighted by Crippen LogP contribution is -2.39. The Bertz CT molecular complexity index is 1060. The minimum absolute atomic E-state index is 0.134. The molecule has 0 amide bonds. The van der Waals surface area contributed by atoms with E-state index >= 15 is 0 Å². The maximum absolute atomic E-state index is 10.6. The third kappa shape index (κ3) is 3.55. The van der Waals surface area contributed by atoms with Gasteiger partial charge in [-0.3, -0.25) is 0 Å². The number of aliphatic hydroxyl groups is 1. The predicted octanol–water partition coefficient (Wildman–Crippen LogP) is 1.71. The minimum atomic E-state index is -0.375. The van der Waals surface area contributed by atoms with Crippen LogP contribution >= 0.6 is 0 Å². The first-order chi connectivity index (χ1) is 14.6. The molecule has 2 aliphatic heterocycles. The van der Waals surface area contributed by atoms with Gasteiger partial charge in [-0.1, -0.05) is 0 Å². The van der Waals surface area contributed by atoms with Gasteiger partial charge in [-0.2, -0.15) is 5.10 Å². The summed E-state index contributed by atoms with van der Waals surface area (Å²) in [7, 11) is 0. The molecule has 2 aromatic heterocycles. The zero-order valence-corrected chi connectivity index (χ0v) is 17.5. The fourth-order valence-electron chi connectivity index (χ4n) is 4.59. The Hall–Kier alpha value is -2.55. The fraction of sp³-hybridized carbons (Fsp3) is 0.500. The lowest BCUT2D eigenvalue weighted by molar-refractivity contribution is 0.118. The van der Waals surface area contributed by atoms with Gasteiger partial charge in [-0.25, -0.2) is 14.6 Å². The molecule has 4 heterocycles. The summed E-state index contributed by atoms with van der Waals surface area (Å²) in [6.45, 7) is 8.67. The van der Waals surface area contributed by atoms with Crippen LogP contribution in [0.3, 0.4) is 0 Å². The second-order valence-corrected chi connectivity index (χ2v) is 8.22. The van der Waals surface area contributed by atoms with E-state index in [-0.39, 0.29) is 12.0 Å². The zero-order valence-electron chi connectivity index (χ0n) is 17.5. The van der Waals surface area contributed by atoms with Crippen LogP contribution in [-0.2, 0) is 4.74 Å². The quantitative estimate of drug-likeness (QED) is 0.682. The largest absolute Gasteiger partial charge is 0.391 e. The normalized spacial score (nSPS) is 22.6. The molecule has 8 heteroatoms. The third-order valence-corrected chi connectivity index (χ3v) is 6.17. The molecule has 3 aromatic rings. The standard InChI is InChI=1S/C22H28N6O2/c1-14-9-16-12-24-28(19(16)10-18(14)17-3-4-23-13-20(17)29)22-11-21(25-15(2)26-22)27-5-7-30-8-6-27/h9-12,17,20,23,29H,3-8,13H2,1-2H3/t17-,20+/m0/s1. The number of aryl methyl sites for hydroxylation is 2. The summed E-state index contributed by atoms with van der Waals surface area (Å²) in [6, 6.07) is 6.35. The van der Waals surface area contributed by atoms with Crippen molar-refractivity contribution in [2.24, 2.45) is 0 Å². The van der Waals surface area contributed by atoms with Crippen molar-refractivity contribution >= 4 is 16.7 Å². The molecule has 5 rings (SSSR count). The maximum atomic E-state index is 10.6. The Kier molecular flexibility index (Phi) is 5.14. The van der Waals surface area contributed by atoms with E-state index in [1.165, 1.54) is 11.1 Å². The summed E-state index contributed by atoms with van der Waals surface area (Å²) in [4.78, 5) is 11.5. The van der Waals surface area contributed by atoms with Gasteiger partial charge in [0.1, 0.15) is 11.6 Å². The molecule has 0 radical (unpaired) electrons. The second-order valence-electron chi connectivity index (χ2n) is 8.22. The van der Waals surface area contributed by atoms with Gasteiger partial charge in [0.15, 0.2) is 5.82 Å². The first kappa shape index (κ1) is 19.4. The summed E-state index contributed by atoms with van der Waals surface area (Å²) in [6.07, 6.45) is 2.44. The van der Waals surface area contributed by atoms with Crippen LogP contribution in [0.25, 0.3) is 16.7 Å². The summed E-state index contributed by atoms with van der Waals surface area (Å²) < 4.78 is 7.37. The molecule has 30 heavy (non-hydrogen) atoms. The Morgan fingerprint density at radius 1 is 1.10 bits per heavy atom. The average molecular weight is 409 g/mol. The molecule has 0 aliphatic carbocycles. The van der Waals surface area contributed by atoms with E-state index in [9.17, 15) is 5.11 Å². The van der Waals surface area contributed by atoms with Crippen LogP contribution in [0, 0.1) is 13.8 Å². The van der Waals surface area contributed by atoms with Gasteiger partial charge in [-0.05, 0) is 50.1 Å². The van der Waals surface area contributed by atoms with E-state index in [1.807, 2.05) is 23.9 Å². The average Bonchev–Trinajstić information content (AvgIpc) is 3.16. The van der Waals surface area contributed by atoms with Crippen molar-refractivity contribution in [3.05, 3.63) is 41.3 Å². The highest BCUT2D eigenvalue weighted by atomic mass is 16.5. The van der Waals surface area contributed by atoms with Crippen LogP contribution in [0.1, 0.15) is 29.3 Å². The van der Waals surface area contributed by atoms with Crippen molar-refractivity contribution in [3.63, 3.8) is 0 Å². The predicted molar refractivity (Wildman–Crippen MR) is 115 cm³/mol. The molecule has 0 bridgehead atoms. The number of β-amino-alcohol motifs (C(OH)–C–C–N with tert-alkyl or cyclic N) is 1. The molecular formula is C22H28N6O2. The number of benzene rings is 1. The molecular weight excluding hydrogens is 380 g/mol. The molecule has 2 aliphatic rings. The number of fused-ring (bicyclic) bond motifs is 1. The number of aliphatic hydroxyl groups excluding tert-OH is 1. The zero-order chi connectivity index (χ0) is 20.7. The molecule has 0 saturated carbocycles. The smallest absolute Gasteiger partial charge is 0.159 e. The molecule has 0 unspecified atom stereocenters. The number of nitrogens with zero attached hydrogens (tertiary/aromatic N) is 5. The van der Waals surface area contributed by atoms with E-state index in [1.54, 1.807) is 0 Å². The van der Waals surface area contributed by atoms with Crippen LogP contribution in [0.2, 0.25) is 0 Å². The van der Waals surface area contributed by atoms with Gasteiger partial charge in [0.25, 0.3) is 0 Å². The summed E-state index contributed by atoms with van der Waals surface area (Å²) in [5, 5.41) is 19.5. The van der Waals surface area contributed by atoms with Crippen LogP contribution in [0.5, 0.6) is 0 Å². The van der Waals surface area contributed by atoms with Crippen molar-refractivity contribution in [3.8, 4) is 5.82 Å². The third-order valence-electron chi connectivity index (χ3n) is 6.17. The number of piperidine rings is 1. The van der Waals surface area contributed by atoms with Crippen molar-refractivity contribution in [2.75, 3.05) is 44.3 Å². The number of ether oxygens (including phenoxy) is 1. The van der Waals surface area contributed by atoms with E-state index in [4.69, 9.17) is 4.74 Å². The van der Waals surface area contributed by atoms with E-state index in [2.05, 4.69) is 44.3 Å². The fourth-order valence-corrected chi connectivity index (χ4v) is 4.59. The SMILES string of the molecule is Cc1nc(N2CCOCC2)cc(-n2ncc3cc(C)c([C@@H]4CCNC[C@H]4O)cc32)n1. The monoisotopic (exact) mass is 408 g/mol. The van der Waals surface area contributed by atoms with Gasteiger partial charge in [-0.15, -0.1) is 0 Å². The van der Waals surface area contributed by atoms with Crippen molar-refractivity contribution in [2.45, 2.75) is 32.3 Å². The van der Waals surface area contributed by atoms with Gasteiger partial charge in [0, 0.05) is 37.0 Å². The molecule has 0 spiro atoms. The lowest BCUT2D eigenvalue weighted by Gasteiger charge is -2.30. The summed E-state index contributed by atoms with van der Waals surface area (Å²) in [5.74, 6) is 2.53. The van der Waals surface area contributed by atoms with Crippen LogP contribution in [0.15, 0.2) is 24.4 Å². The number of morpholine rings is 1. The molecule has 2 fully saturated rings. The minimum Gasteiger partial charge on any atom is -0.391 e.